The van der Waals surface area contributed by atoms with Gasteiger partial charge in [0, 0.05) is 4.47 Å². The molecule has 1 heterocycles. The van der Waals surface area contributed by atoms with Crippen molar-refractivity contribution >= 4 is 39.5 Å². The van der Waals surface area contributed by atoms with E-state index in [9.17, 15) is 9.59 Å². The maximum absolute atomic E-state index is 12.1. The molecule has 0 aliphatic rings. The van der Waals surface area contributed by atoms with Gasteiger partial charge in [0.25, 0.3) is 17.0 Å². The Labute approximate surface area is 174 Å². The van der Waals surface area contributed by atoms with Gasteiger partial charge in [0.05, 0.1) is 11.3 Å². The number of rotatable bonds is 7. The van der Waals surface area contributed by atoms with Crippen molar-refractivity contribution in [3.8, 4) is 5.75 Å². The number of hydrogen-bond acceptors (Lipinski definition) is 7. The molecule has 2 amide bonds. The van der Waals surface area contributed by atoms with Gasteiger partial charge in [0.2, 0.25) is 5.91 Å². The Morgan fingerprint density at radius 3 is 2.79 bits per heavy atom. The van der Waals surface area contributed by atoms with Crippen LogP contribution in [0.2, 0.25) is 0 Å². The molecule has 1 aromatic heterocycles. The molecule has 0 atom stereocenters. The maximum Gasteiger partial charge on any atom is 0.277 e. The molecule has 0 bridgehead atoms. The Hall–Kier alpha value is -2.65. The highest BCUT2D eigenvalue weighted by Crippen LogP contribution is 2.19. The van der Waals surface area contributed by atoms with E-state index in [2.05, 4.69) is 31.4 Å². The maximum atomic E-state index is 12.1. The fraction of sp³-hybridized carbons (Fsp3) is 0.158. The quantitative estimate of drug-likeness (QED) is 0.535. The van der Waals surface area contributed by atoms with Crippen LogP contribution in [0.5, 0.6) is 5.75 Å². The Kier molecular flexibility index (Phi) is 6.83. The fourth-order valence-electron chi connectivity index (χ4n) is 2.21. The van der Waals surface area contributed by atoms with E-state index in [0.717, 1.165) is 17.3 Å². The summed E-state index contributed by atoms with van der Waals surface area (Å²) in [7, 11) is 0. The van der Waals surface area contributed by atoms with E-state index < -0.39 is 11.8 Å². The van der Waals surface area contributed by atoms with Crippen molar-refractivity contribution in [3.63, 3.8) is 0 Å². The molecule has 2 aromatic carbocycles. The Morgan fingerprint density at radius 2 is 2.00 bits per heavy atom. The molecular formula is C19H16BrN3O4S. The van der Waals surface area contributed by atoms with Gasteiger partial charge in [-0.3, -0.25) is 14.9 Å². The first kappa shape index (κ1) is 20.1. The second-order valence-electron chi connectivity index (χ2n) is 5.71. The van der Waals surface area contributed by atoms with Crippen LogP contribution in [0.1, 0.15) is 21.8 Å². The van der Waals surface area contributed by atoms with Crippen LogP contribution < -0.4 is 10.1 Å². The van der Waals surface area contributed by atoms with E-state index in [4.69, 9.17) is 9.15 Å². The molecule has 1 N–H and O–H groups in total. The second-order valence-corrected chi connectivity index (χ2v) is 7.49. The summed E-state index contributed by atoms with van der Waals surface area (Å²) in [5.41, 5.74) is 1.47. The summed E-state index contributed by atoms with van der Waals surface area (Å²) in [5.74, 6) is 0.0414. The molecule has 0 fully saturated rings. The topological polar surface area (TPSA) is 94.3 Å². The average Bonchev–Trinajstić information content (AvgIpc) is 3.13. The molecule has 9 heteroatoms. The number of nitrogens with zero attached hydrogens (tertiary/aromatic N) is 2. The van der Waals surface area contributed by atoms with Crippen molar-refractivity contribution in [2.45, 2.75) is 18.8 Å². The van der Waals surface area contributed by atoms with Gasteiger partial charge in [-0.05, 0) is 52.7 Å². The SMILES string of the molecule is Cc1cccc(OCc2nnc(SCC(=O)NC(=O)c3ccccc3Br)o2)c1. The summed E-state index contributed by atoms with van der Waals surface area (Å²) < 4.78 is 11.6. The van der Waals surface area contributed by atoms with Gasteiger partial charge in [0.15, 0.2) is 6.61 Å². The summed E-state index contributed by atoms with van der Waals surface area (Å²) >= 11 is 4.32. The van der Waals surface area contributed by atoms with Crippen molar-refractivity contribution in [2.75, 3.05) is 5.75 Å². The lowest BCUT2D eigenvalue weighted by atomic mass is 10.2. The molecular weight excluding hydrogens is 446 g/mol. The van der Waals surface area contributed by atoms with Gasteiger partial charge in [-0.25, -0.2) is 0 Å². The summed E-state index contributed by atoms with van der Waals surface area (Å²) in [6.45, 7) is 2.10. The molecule has 0 radical (unpaired) electrons. The Morgan fingerprint density at radius 1 is 1.18 bits per heavy atom. The summed E-state index contributed by atoms with van der Waals surface area (Å²) in [5, 5.41) is 10.3. The van der Waals surface area contributed by atoms with Crippen LogP contribution in [-0.4, -0.2) is 27.8 Å². The van der Waals surface area contributed by atoms with Gasteiger partial charge >= 0.3 is 0 Å². The number of ether oxygens (including phenoxy) is 1. The number of imide groups is 1. The van der Waals surface area contributed by atoms with Crippen LogP contribution in [0.4, 0.5) is 0 Å². The molecule has 0 saturated heterocycles. The molecule has 0 unspecified atom stereocenters. The summed E-state index contributed by atoms with van der Waals surface area (Å²) in [4.78, 5) is 24.1. The van der Waals surface area contributed by atoms with Crippen molar-refractivity contribution in [3.05, 3.63) is 70.0 Å². The van der Waals surface area contributed by atoms with Crippen LogP contribution in [0.3, 0.4) is 0 Å². The summed E-state index contributed by atoms with van der Waals surface area (Å²) in [6, 6.07) is 14.5. The van der Waals surface area contributed by atoms with E-state index in [1.807, 2.05) is 31.2 Å². The molecule has 0 spiro atoms. The number of carbonyl (C=O) groups is 2. The second kappa shape index (κ2) is 9.52. The molecule has 28 heavy (non-hydrogen) atoms. The van der Waals surface area contributed by atoms with Crippen LogP contribution in [0, 0.1) is 6.92 Å². The van der Waals surface area contributed by atoms with Gasteiger partial charge in [-0.15, -0.1) is 10.2 Å². The molecule has 3 aromatic rings. The zero-order valence-corrected chi connectivity index (χ0v) is 17.2. The van der Waals surface area contributed by atoms with Crippen molar-refractivity contribution in [1.82, 2.24) is 15.5 Å². The zero-order valence-electron chi connectivity index (χ0n) is 14.8. The monoisotopic (exact) mass is 461 g/mol. The third-order valence-electron chi connectivity index (χ3n) is 3.50. The number of amides is 2. The van der Waals surface area contributed by atoms with E-state index in [1.54, 1.807) is 24.3 Å². The van der Waals surface area contributed by atoms with Crippen molar-refractivity contribution in [2.24, 2.45) is 0 Å². The number of aryl methyl sites for hydroxylation is 1. The van der Waals surface area contributed by atoms with E-state index in [-0.39, 0.29) is 17.6 Å². The van der Waals surface area contributed by atoms with Gasteiger partial charge in [-0.2, -0.15) is 0 Å². The first-order chi connectivity index (χ1) is 13.5. The third kappa shape index (κ3) is 5.67. The molecule has 0 saturated carbocycles. The largest absolute Gasteiger partial charge is 0.484 e. The highest BCUT2D eigenvalue weighted by Gasteiger charge is 2.15. The molecule has 3 rings (SSSR count). The van der Waals surface area contributed by atoms with Crippen LogP contribution >= 0.6 is 27.7 Å². The van der Waals surface area contributed by atoms with Gasteiger partial charge in [0.1, 0.15) is 5.75 Å². The Bertz CT molecular complexity index is 993. The van der Waals surface area contributed by atoms with Crippen LogP contribution in [-0.2, 0) is 11.4 Å². The van der Waals surface area contributed by atoms with Crippen molar-refractivity contribution < 1.29 is 18.7 Å². The lowest BCUT2D eigenvalue weighted by Crippen LogP contribution is -2.32. The number of thioether (sulfide) groups is 1. The smallest absolute Gasteiger partial charge is 0.277 e. The third-order valence-corrected chi connectivity index (χ3v) is 5.01. The van der Waals surface area contributed by atoms with Gasteiger partial charge < -0.3 is 9.15 Å². The predicted molar refractivity (Wildman–Crippen MR) is 107 cm³/mol. The normalized spacial score (nSPS) is 10.5. The minimum Gasteiger partial charge on any atom is -0.484 e. The standard InChI is InChI=1S/C19H16BrN3O4S/c1-12-5-4-6-13(9-12)26-10-17-22-23-19(27-17)28-11-16(24)21-18(25)14-7-2-3-8-15(14)20/h2-9H,10-11H2,1H3,(H,21,24,25). The molecule has 144 valence electrons. The zero-order chi connectivity index (χ0) is 19.9. The number of hydrogen-bond donors (Lipinski definition) is 1. The highest BCUT2D eigenvalue weighted by molar-refractivity contribution is 9.10. The lowest BCUT2D eigenvalue weighted by molar-refractivity contribution is -0.117. The van der Waals surface area contributed by atoms with E-state index in [1.165, 1.54) is 0 Å². The molecule has 0 aliphatic heterocycles. The number of halogens is 1. The molecule has 0 aliphatic carbocycles. The number of nitrogens with one attached hydrogen (secondary N) is 1. The minimum absolute atomic E-state index is 0.0312. The van der Waals surface area contributed by atoms with Crippen LogP contribution in [0.15, 0.2) is 62.6 Å². The number of benzene rings is 2. The highest BCUT2D eigenvalue weighted by atomic mass is 79.9. The summed E-state index contributed by atoms with van der Waals surface area (Å²) in [6.07, 6.45) is 0. The first-order valence-corrected chi connectivity index (χ1v) is 10.0. The number of aromatic nitrogens is 2. The van der Waals surface area contributed by atoms with E-state index >= 15 is 0 Å². The fourth-order valence-corrected chi connectivity index (χ4v) is 3.25. The van der Waals surface area contributed by atoms with Gasteiger partial charge in [-0.1, -0.05) is 36.0 Å². The lowest BCUT2D eigenvalue weighted by Gasteiger charge is -2.04. The van der Waals surface area contributed by atoms with E-state index in [0.29, 0.717) is 21.7 Å². The number of carbonyl (C=O) groups excluding carboxylic acids is 2. The molecule has 7 nitrogen and oxygen atoms in total. The predicted octanol–water partition coefficient (Wildman–Crippen LogP) is 3.77. The van der Waals surface area contributed by atoms with Crippen LogP contribution in [0.25, 0.3) is 0 Å². The van der Waals surface area contributed by atoms with Crippen molar-refractivity contribution in [1.29, 1.82) is 0 Å². The first-order valence-electron chi connectivity index (χ1n) is 8.24. The minimum atomic E-state index is -0.476. The average molecular weight is 462 g/mol. The Balaban J connectivity index is 1.46.